The first-order valence-corrected chi connectivity index (χ1v) is 9.73. The third-order valence-corrected chi connectivity index (χ3v) is 5.38. The molecule has 2 rings (SSSR count). The molecule has 1 aromatic rings. The van der Waals surface area contributed by atoms with Crippen LogP contribution in [-0.4, -0.2) is 58.2 Å². The van der Waals surface area contributed by atoms with E-state index in [1.807, 2.05) is 21.0 Å². The molecule has 10 heteroatoms. The summed E-state index contributed by atoms with van der Waals surface area (Å²) in [5.41, 5.74) is 4.60. The number of hydrazine groups is 1. The minimum atomic E-state index is -0.848. The van der Waals surface area contributed by atoms with Crippen LogP contribution in [0.1, 0.15) is 51.8 Å². The monoisotopic (exact) mass is 393 g/mol. The van der Waals surface area contributed by atoms with Gasteiger partial charge in [-0.3, -0.25) is 25.6 Å². The van der Waals surface area contributed by atoms with Crippen LogP contribution in [0.3, 0.4) is 0 Å². The van der Waals surface area contributed by atoms with Crippen LogP contribution >= 0.6 is 0 Å². The summed E-state index contributed by atoms with van der Waals surface area (Å²) in [5.74, 6) is 1.63. The number of amides is 2. The van der Waals surface area contributed by atoms with Gasteiger partial charge in [0.1, 0.15) is 5.82 Å². The molecule has 0 atom stereocenters. The molecule has 1 aliphatic carbocycles. The zero-order valence-corrected chi connectivity index (χ0v) is 17.1. The number of anilines is 2. The van der Waals surface area contributed by atoms with Gasteiger partial charge in [-0.25, -0.2) is 5.06 Å². The second kappa shape index (κ2) is 9.63. The number of hydrogen-bond acceptors (Lipinski definition) is 8. The molecular weight excluding hydrogens is 362 g/mol. The molecule has 0 bridgehead atoms. The van der Waals surface area contributed by atoms with E-state index in [1.165, 1.54) is 0 Å². The Kier molecular flexibility index (Phi) is 7.50. The van der Waals surface area contributed by atoms with Gasteiger partial charge >= 0.3 is 0 Å². The number of nitrogens with zero attached hydrogens (tertiary/aromatic N) is 5. The smallest absolute Gasteiger partial charge is 0.246 e. The minimum absolute atomic E-state index is 0.0409. The summed E-state index contributed by atoms with van der Waals surface area (Å²) < 4.78 is 0. The fraction of sp³-hybridized carbons (Fsp3) is 0.722. The van der Waals surface area contributed by atoms with Gasteiger partial charge in [-0.2, -0.15) is 15.0 Å². The van der Waals surface area contributed by atoms with Crippen LogP contribution < -0.4 is 15.8 Å². The third-order valence-electron chi connectivity index (χ3n) is 5.38. The number of carbonyl (C=O) groups is 2. The zero-order chi connectivity index (χ0) is 20.7. The Morgan fingerprint density at radius 3 is 2.46 bits per heavy atom. The lowest BCUT2D eigenvalue weighted by Gasteiger charge is -2.39. The summed E-state index contributed by atoms with van der Waals surface area (Å²) in [7, 11) is 3.65. The fourth-order valence-electron chi connectivity index (χ4n) is 3.51. The Hall–Kier alpha value is -2.49. The van der Waals surface area contributed by atoms with E-state index in [1.54, 1.807) is 4.90 Å². The summed E-state index contributed by atoms with van der Waals surface area (Å²) in [6, 6.07) is 0. The van der Waals surface area contributed by atoms with Crippen molar-refractivity contribution >= 4 is 24.2 Å². The molecule has 0 aliphatic heterocycles. The third kappa shape index (κ3) is 5.28. The first-order valence-electron chi connectivity index (χ1n) is 9.73. The standard InChI is InChI=1S/C18H31N7O3/c1-5-13-7-9-18(10-8-13,11-25(28)12-26)15(27)22-23-16-19-14(6-2)20-17(21-16)24(3)4/h12-13,28H,5-11H2,1-4H3,(H,22,27)(H,19,20,21,23)/t13-,18-. The summed E-state index contributed by atoms with van der Waals surface area (Å²) in [4.78, 5) is 38.6. The molecule has 1 heterocycles. The molecule has 3 N–H and O–H groups in total. The second-order valence-corrected chi connectivity index (χ2v) is 7.54. The van der Waals surface area contributed by atoms with Crippen molar-refractivity contribution in [1.82, 2.24) is 25.4 Å². The van der Waals surface area contributed by atoms with Crippen molar-refractivity contribution in [2.45, 2.75) is 52.4 Å². The van der Waals surface area contributed by atoms with Gasteiger partial charge in [0.15, 0.2) is 0 Å². The van der Waals surface area contributed by atoms with Gasteiger partial charge in [0.05, 0.1) is 12.0 Å². The average molecular weight is 393 g/mol. The SMILES string of the molecule is CCc1nc(NNC(=O)[C@]2(CN(O)C=O)CC[C@@H](CC)CC2)nc(N(C)C)n1. The number of rotatable bonds is 9. The van der Waals surface area contributed by atoms with E-state index in [0.29, 0.717) is 48.4 Å². The molecular formula is C18H31N7O3. The maximum Gasteiger partial charge on any atom is 0.246 e. The Bertz CT molecular complexity index is 675. The maximum atomic E-state index is 13.0. The number of nitrogens with one attached hydrogen (secondary N) is 2. The Labute approximate surface area is 165 Å². The van der Waals surface area contributed by atoms with Crippen LogP contribution in [0.25, 0.3) is 0 Å². The van der Waals surface area contributed by atoms with E-state index in [0.717, 1.165) is 19.3 Å². The van der Waals surface area contributed by atoms with Gasteiger partial charge in [0.25, 0.3) is 0 Å². The molecule has 10 nitrogen and oxygen atoms in total. The summed E-state index contributed by atoms with van der Waals surface area (Å²) in [6.45, 7) is 4.03. The van der Waals surface area contributed by atoms with Crippen molar-refractivity contribution in [2.75, 3.05) is 31.0 Å². The molecule has 0 radical (unpaired) electrons. The van der Waals surface area contributed by atoms with Crippen molar-refractivity contribution in [1.29, 1.82) is 0 Å². The van der Waals surface area contributed by atoms with E-state index < -0.39 is 5.41 Å². The summed E-state index contributed by atoms with van der Waals surface area (Å²) in [6.07, 6.45) is 4.99. The van der Waals surface area contributed by atoms with Crippen LogP contribution in [0.2, 0.25) is 0 Å². The van der Waals surface area contributed by atoms with Crippen LogP contribution in [0.4, 0.5) is 11.9 Å². The number of aryl methyl sites for hydroxylation is 1. The van der Waals surface area contributed by atoms with Crippen molar-refractivity contribution < 1.29 is 14.8 Å². The van der Waals surface area contributed by atoms with Crippen LogP contribution in [0, 0.1) is 11.3 Å². The van der Waals surface area contributed by atoms with Gasteiger partial charge in [0.2, 0.25) is 24.2 Å². The maximum absolute atomic E-state index is 13.0. The fourth-order valence-corrected chi connectivity index (χ4v) is 3.51. The summed E-state index contributed by atoms with van der Waals surface area (Å²) >= 11 is 0. The number of hydrogen-bond donors (Lipinski definition) is 3. The van der Waals surface area contributed by atoms with Gasteiger partial charge in [-0.1, -0.05) is 20.3 Å². The molecule has 0 spiro atoms. The molecule has 0 aromatic carbocycles. The normalized spacial score (nSPS) is 21.7. The number of carbonyl (C=O) groups excluding carboxylic acids is 2. The first kappa shape index (κ1) is 21.8. The molecule has 156 valence electrons. The van der Waals surface area contributed by atoms with Gasteiger partial charge in [-0.05, 0) is 31.6 Å². The van der Waals surface area contributed by atoms with E-state index in [4.69, 9.17) is 0 Å². The largest absolute Gasteiger partial charge is 0.347 e. The van der Waals surface area contributed by atoms with Crippen molar-refractivity contribution in [2.24, 2.45) is 11.3 Å². The Morgan fingerprint density at radius 2 is 1.93 bits per heavy atom. The van der Waals surface area contributed by atoms with Crippen LogP contribution in [-0.2, 0) is 16.0 Å². The van der Waals surface area contributed by atoms with E-state index in [-0.39, 0.29) is 18.4 Å². The van der Waals surface area contributed by atoms with E-state index >= 15 is 0 Å². The molecule has 1 saturated carbocycles. The first-order chi connectivity index (χ1) is 13.3. The Morgan fingerprint density at radius 1 is 1.25 bits per heavy atom. The van der Waals surface area contributed by atoms with Crippen molar-refractivity contribution in [3.63, 3.8) is 0 Å². The molecule has 1 aliphatic rings. The van der Waals surface area contributed by atoms with Crippen molar-refractivity contribution in [3.05, 3.63) is 5.82 Å². The topological polar surface area (TPSA) is 124 Å². The van der Waals surface area contributed by atoms with Crippen LogP contribution in [0.15, 0.2) is 0 Å². The number of aromatic nitrogens is 3. The summed E-state index contributed by atoms with van der Waals surface area (Å²) in [5, 5.41) is 10.3. The molecule has 28 heavy (non-hydrogen) atoms. The van der Waals surface area contributed by atoms with Crippen molar-refractivity contribution in [3.8, 4) is 0 Å². The molecule has 1 fully saturated rings. The highest BCUT2D eigenvalue weighted by Gasteiger charge is 2.43. The van der Waals surface area contributed by atoms with E-state index in [9.17, 15) is 14.8 Å². The quantitative estimate of drug-likeness (QED) is 0.327. The predicted octanol–water partition coefficient (Wildman–Crippen LogP) is 1.38. The van der Waals surface area contributed by atoms with Crippen LogP contribution in [0.5, 0.6) is 0 Å². The molecule has 0 unspecified atom stereocenters. The van der Waals surface area contributed by atoms with E-state index in [2.05, 4.69) is 32.7 Å². The number of hydroxylamine groups is 2. The second-order valence-electron chi connectivity index (χ2n) is 7.54. The van der Waals surface area contributed by atoms with Gasteiger partial charge in [0, 0.05) is 20.5 Å². The Balaban J connectivity index is 2.13. The minimum Gasteiger partial charge on any atom is -0.347 e. The molecule has 1 aromatic heterocycles. The highest BCUT2D eigenvalue weighted by molar-refractivity contribution is 5.84. The zero-order valence-electron chi connectivity index (χ0n) is 17.1. The van der Waals surface area contributed by atoms with Gasteiger partial charge < -0.3 is 4.90 Å². The highest BCUT2D eigenvalue weighted by Crippen LogP contribution is 2.40. The highest BCUT2D eigenvalue weighted by atomic mass is 16.5. The lowest BCUT2D eigenvalue weighted by atomic mass is 9.69. The molecule has 2 amide bonds. The predicted molar refractivity (Wildman–Crippen MR) is 105 cm³/mol. The lowest BCUT2D eigenvalue weighted by Crippen LogP contribution is -2.51. The van der Waals surface area contributed by atoms with Gasteiger partial charge in [-0.15, -0.1) is 0 Å². The average Bonchev–Trinajstić information content (AvgIpc) is 2.71. The lowest BCUT2D eigenvalue weighted by molar-refractivity contribution is -0.163. The molecule has 0 saturated heterocycles.